The fourth-order valence-corrected chi connectivity index (χ4v) is 4.68. The Hall–Kier alpha value is -1.39. The Balaban J connectivity index is 1.37. The molecular weight excluding hydrogens is 369 g/mol. The van der Waals surface area contributed by atoms with Crippen molar-refractivity contribution >= 4 is 13.8 Å². The summed E-state index contributed by atoms with van der Waals surface area (Å²) in [6, 6.07) is 1.96. The van der Waals surface area contributed by atoms with Crippen LogP contribution in [0.5, 0.6) is 0 Å². The molecule has 4 nitrogen and oxygen atoms in total. The van der Waals surface area contributed by atoms with Gasteiger partial charge in [0.25, 0.3) is 5.91 Å². The Morgan fingerprint density at radius 3 is 2.03 bits per heavy atom. The summed E-state index contributed by atoms with van der Waals surface area (Å²) >= 11 is 0. The Morgan fingerprint density at radius 1 is 0.833 bits per heavy atom. The highest BCUT2D eigenvalue weighted by atomic mass is 16.1. The highest BCUT2D eigenvalue weighted by Crippen LogP contribution is 2.37. The lowest BCUT2D eigenvalue weighted by Crippen LogP contribution is -2.27. The highest BCUT2D eigenvalue weighted by Gasteiger charge is 2.26. The van der Waals surface area contributed by atoms with E-state index in [9.17, 15) is 4.79 Å². The average Bonchev–Trinajstić information content (AvgIpc) is 3.25. The van der Waals surface area contributed by atoms with Crippen molar-refractivity contribution < 1.29 is 4.79 Å². The topological polar surface area (TPSA) is 54.9 Å². The van der Waals surface area contributed by atoms with Crippen molar-refractivity contribution in [1.82, 2.24) is 15.3 Å². The van der Waals surface area contributed by atoms with Gasteiger partial charge in [-0.3, -0.25) is 4.79 Å². The largest absolute Gasteiger partial charge is 0.351 e. The number of aromatic nitrogens is 2. The van der Waals surface area contributed by atoms with Crippen LogP contribution >= 0.6 is 0 Å². The van der Waals surface area contributed by atoms with Crippen molar-refractivity contribution in [2.75, 3.05) is 6.54 Å². The quantitative estimate of drug-likeness (QED) is 0.293. The fourth-order valence-electron chi connectivity index (χ4n) is 4.68. The van der Waals surface area contributed by atoms with Gasteiger partial charge in [0.1, 0.15) is 11.5 Å². The lowest BCUT2D eigenvalue weighted by molar-refractivity contribution is 0.0947. The van der Waals surface area contributed by atoms with Gasteiger partial charge in [-0.05, 0) is 38.2 Å². The van der Waals surface area contributed by atoms with Crippen molar-refractivity contribution in [2.45, 2.75) is 121 Å². The number of hydrogen-bond donors (Lipinski definition) is 1. The predicted molar refractivity (Wildman–Crippen MR) is 124 cm³/mol. The summed E-state index contributed by atoms with van der Waals surface area (Å²) in [6.45, 7) is 0.747. The molecule has 0 atom stereocenters. The van der Waals surface area contributed by atoms with Crippen LogP contribution in [0.2, 0.25) is 6.32 Å². The Kier molecular flexibility index (Phi) is 10.2. The van der Waals surface area contributed by atoms with Crippen molar-refractivity contribution in [3.8, 4) is 0 Å². The van der Waals surface area contributed by atoms with Crippen LogP contribution in [0.1, 0.15) is 137 Å². The molecule has 2 fully saturated rings. The first-order chi connectivity index (χ1) is 14.8. The molecule has 0 aliphatic heterocycles. The first-order valence-corrected chi connectivity index (χ1v) is 12.6. The average molecular weight is 409 g/mol. The van der Waals surface area contributed by atoms with E-state index in [0.717, 1.165) is 37.2 Å². The van der Waals surface area contributed by atoms with Crippen LogP contribution in [0, 0.1) is 0 Å². The van der Waals surface area contributed by atoms with Crippen LogP contribution in [-0.2, 0) is 0 Å². The van der Waals surface area contributed by atoms with E-state index in [0.29, 0.717) is 17.5 Å². The lowest BCUT2D eigenvalue weighted by Gasteiger charge is -2.25. The molecule has 0 unspecified atom stereocenters. The third-order valence-electron chi connectivity index (χ3n) is 6.91. The summed E-state index contributed by atoms with van der Waals surface area (Å²) in [5, 5.41) is 3.10. The third-order valence-corrected chi connectivity index (χ3v) is 6.91. The van der Waals surface area contributed by atoms with E-state index >= 15 is 0 Å². The first kappa shape index (κ1) is 23.3. The van der Waals surface area contributed by atoms with Gasteiger partial charge in [0, 0.05) is 24.1 Å². The summed E-state index contributed by atoms with van der Waals surface area (Å²) in [6.07, 6.45) is 20.6. The molecular formula is C25H40BN3O. The van der Waals surface area contributed by atoms with E-state index in [1.807, 2.05) is 6.07 Å². The van der Waals surface area contributed by atoms with Gasteiger partial charge < -0.3 is 5.32 Å². The molecule has 30 heavy (non-hydrogen) atoms. The van der Waals surface area contributed by atoms with Crippen LogP contribution in [0.4, 0.5) is 0 Å². The van der Waals surface area contributed by atoms with E-state index in [1.54, 1.807) is 0 Å². The molecule has 2 aliphatic rings. The van der Waals surface area contributed by atoms with E-state index in [1.165, 1.54) is 89.9 Å². The van der Waals surface area contributed by atoms with E-state index in [4.69, 9.17) is 17.8 Å². The molecule has 1 aromatic rings. The van der Waals surface area contributed by atoms with Crippen LogP contribution in [0.15, 0.2) is 6.07 Å². The highest BCUT2D eigenvalue weighted by molar-refractivity contribution is 6.08. The maximum Gasteiger partial charge on any atom is 0.270 e. The van der Waals surface area contributed by atoms with Crippen LogP contribution in [0.25, 0.3) is 0 Å². The molecule has 0 saturated heterocycles. The number of nitrogens with zero attached hydrogens (tertiary/aromatic N) is 2. The maximum atomic E-state index is 12.7. The summed E-state index contributed by atoms with van der Waals surface area (Å²) in [7, 11) is 5.52. The van der Waals surface area contributed by atoms with Gasteiger partial charge in [-0.1, -0.05) is 76.9 Å². The second-order valence-corrected chi connectivity index (χ2v) is 9.37. The minimum atomic E-state index is -0.0166. The number of carbonyl (C=O) groups excluding carboxylic acids is 1. The molecule has 3 rings (SSSR count). The van der Waals surface area contributed by atoms with E-state index < -0.39 is 0 Å². The molecule has 5 heteroatoms. The van der Waals surface area contributed by atoms with Gasteiger partial charge in [0.15, 0.2) is 0 Å². The number of unbranched alkanes of at least 4 members (excludes halogenated alkanes) is 8. The molecule has 0 aromatic carbocycles. The second-order valence-electron chi connectivity index (χ2n) is 9.37. The Bertz CT molecular complexity index is 641. The Morgan fingerprint density at radius 2 is 1.43 bits per heavy atom. The summed E-state index contributed by atoms with van der Waals surface area (Å²) in [5.41, 5.74) is 1.70. The molecule has 1 N–H and O–H groups in total. The van der Waals surface area contributed by atoms with Gasteiger partial charge in [0.05, 0.1) is 7.85 Å². The molecule has 1 aromatic heterocycles. The summed E-state index contributed by atoms with van der Waals surface area (Å²) in [4.78, 5) is 22.3. The number of nitrogens with one attached hydrogen (secondary N) is 1. The summed E-state index contributed by atoms with van der Waals surface area (Å²) in [5.74, 6) is 1.90. The van der Waals surface area contributed by atoms with E-state index in [2.05, 4.69) is 5.32 Å². The molecule has 2 aliphatic carbocycles. The third kappa shape index (κ3) is 7.39. The normalized spacial score (nSPS) is 17.2. The van der Waals surface area contributed by atoms with Gasteiger partial charge in [0.2, 0.25) is 0 Å². The molecule has 164 valence electrons. The predicted octanol–water partition coefficient (Wildman–Crippen LogP) is 6.23. The number of rotatable bonds is 14. The van der Waals surface area contributed by atoms with Crippen molar-refractivity contribution in [1.29, 1.82) is 0 Å². The molecule has 1 amide bonds. The van der Waals surface area contributed by atoms with Crippen molar-refractivity contribution in [3.63, 3.8) is 0 Å². The fraction of sp³-hybridized carbons (Fsp3) is 0.800. The maximum absolute atomic E-state index is 12.7. The SMILES string of the molecule is [B]CCCCCCCCCCCNC(=O)c1cc(C2CCC2)nc(C2CCCC2)n1. The van der Waals surface area contributed by atoms with Crippen LogP contribution in [0.3, 0.4) is 0 Å². The zero-order valence-electron chi connectivity index (χ0n) is 18.8. The van der Waals surface area contributed by atoms with Gasteiger partial charge in [-0.15, -0.1) is 0 Å². The number of carbonyl (C=O) groups is 1. The number of hydrogen-bond acceptors (Lipinski definition) is 3. The molecule has 2 radical (unpaired) electrons. The van der Waals surface area contributed by atoms with Gasteiger partial charge in [-0.25, -0.2) is 9.97 Å². The smallest absolute Gasteiger partial charge is 0.270 e. The molecule has 0 spiro atoms. The van der Waals surface area contributed by atoms with E-state index in [-0.39, 0.29) is 5.91 Å². The zero-order chi connectivity index (χ0) is 21.0. The van der Waals surface area contributed by atoms with Gasteiger partial charge in [-0.2, -0.15) is 0 Å². The molecule has 0 bridgehead atoms. The number of amides is 1. The first-order valence-electron chi connectivity index (χ1n) is 12.6. The monoisotopic (exact) mass is 409 g/mol. The summed E-state index contributed by atoms with van der Waals surface area (Å²) < 4.78 is 0. The Labute approximate surface area is 184 Å². The van der Waals surface area contributed by atoms with Crippen LogP contribution < -0.4 is 5.32 Å². The minimum absolute atomic E-state index is 0.0166. The minimum Gasteiger partial charge on any atom is -0.351 e. The lowest BCUT2D eigenvalue weighted by atomic mass is 9.82. The molecule has 2 saturated carbocycles. The zero-order valence-corrected chi connectivity index (χ0v) is 18.8. The van der Waals surface area contributed by atoms with Crippen LogP contribution in [-0.4, -0.2) is 30.3 Å². The standard InChI is InChI=1S/C25H40BN3O/c26-17-10-6-4-2-1-3-5-7-11-18-27-25(30)23-19-22(20-15-12-16-20)28-24(29-23)21-13-8-9-14-21/h19-21H,1-18H2,(H,27,30). The second kappa shape index (κ2) is 13.1. The van der Waals surface area contributed by atoms with Gasteiger partial charge >= 0.3 is 0 Å². The van der Waals surface area contributed by atoms with Crippen molar-refractivity contribution in [2.24, 2.45) is 0 Å². The molecule has 1 heterocycles. The van der Waals surface area contributed by atoms with Crippen molar-refractivity contribution in [3.05, 3.63) is 23.3 Å².